The van der Waals surface area contributed by atoms with E-state index in [-0.39, 0.29) is 36.3 Å². The molecule has 0 aliphatic carbocycles. The second-order valence-electron chi connectivity index (χ2n) is 13.7. The Labute approximate surface area is 309 Å². The van der Waals surface area contributed by atoms with Gasteiger partial charge >= 0.3 is 5.97 Å². The Balaban J connectivity index is 1.50. The third kappa shape index (κ3) is 8.16. The maximum absolute atomic E-state index is 14.9. The number of alkyl halides is 1. The number of nitrogens with one attached hydrogen (secondary N) is 1. The van der Waals surface area contributed by atoms with Gasteiger partial charge in [0.2, 0.25) is 17.7 Å². The summed E-state index contributed by atoms with van der Waals surface area (Å²) in [6, 6.07) is 16.3. The van der Waals surface area contributed by atoms with Crippen molar-refractivity contribution in [2.75, 3.05) is 26.3 Å². The minimum atomic E-state index is -1.30. The first-order valence-electron chi connectivity index (χ1n) is 18.0. The first kappa shape index (κ1) is 38.4. The summed E-state index contributed by atoms with van der Waals surface area (Å²) >= 11 is 3.76. The van der Waals surface area contributed by atoms with Crippen LogP contribution in [0.4, 0.5) is 0 Å². The smallest absolute Gasteiger partial charge is 0.306 e. The van der Waals surface area contributed by atoms with Crippen LogP contribution in [0.15, 0.2) is 86.0 Å². The van der Waals surface area contributed by atoms with Gasteiger partial charge in [-0.15, -0.1) is 13.2 Å². The van der Waals surface area contributed by atoms with Gasteiger partial charge in [-0.05, 0) is 36.8 Å². The van der Waals surface area contributed by atoms with Crippen molar-refractivity contribution in [2.24, 2.45) is 11.8 Å². The fourth-order valence-electron chi connectivity index (χ4n) is 7.99. The standard InChI is InChI=1S/C40H50BrN3O7/c1-4-7-15-22-43(21-6-3)39(49)36-40-24-30(41)35(51-40)33(34(40)38(48)44(36)29(25-45)23-27-16-11-9-12-17-27)37(47)42-31(28-18-13-10-14-19-28)26-50-32(46)20-8-5-2/h5-6,9-14,16-19,29-31,33-36,45H,2-4,7-8,15,20-26H2,1H3,(H,42,47)/t29-,30?,31+,33+,34-,35+,36+,40-/m1/s1. The number of fused-ring (bicyclic) bond motifs is 1. The maximum Gasteiger partial charge on any atom is 0.306 e. The summed E-state index contributed by atoms with van der Waals surface area (Å²) in [6.45, 7) is 9.93. The Kier molecular flexibility index (Phi) is 13.3. The number of aliphatic hydroxyl groups excluding tert-OH is 1. The summed E-state index contributed by atoms with van der Waals surface area (Å²) in [5, 5.41) is 13.9. The van der Waals surface area contributed by atoms with Crippen molar-refractivity contribution in [3.8, 4) is 0 Å². The molecule has 3 heterocycles. The molecule has 8 atom stereocenters. The highest BCUT2D eigenvalue weighted by Gasteiger charge is 2.77. The normalized spacial score (nSPS) is 25.9. The third-order valence-electron chi connectivity index (χ3n) is 10.4. The van der Waals surface area contributed by atoms with E-state index in [1.807, 2.05) is 60.7 Å². The summed E-state index contributed by atoms with van der Waals surface area (Å²) in [6.07, 6.45) is 6.64. The Morgan fingerprint density at radius 2 is 1.82 bits per heavy atom. The van der Waals surface area contributed by atoms with Crippen molar-refractivity contribution in [3.63, 3.8) is 0 Å². The number of benzene rings is 2. The minimum Gasteiger partial charge on any atom is -0.463 e. The predicted octanol–water partition coefficient (Wildman–Crippen LogP) is 4.91. The highest BCUT2D eigenvalue weighted by Crippen LogP contribution is 2.60. The number of carbonyl (C=O) groups is 4. The van der Waals surface area contributed by atoms with E-state index in [0.29, 0.717) is 32.4 Å². The first-order chi connectivity index (χ1) is 24.7. The van der Waals surface area contributed by atoms with Crippen LogP contribution in [0.3, 0.4) is 0 Å². The number of ether oxygens (including phenoxy) is 2. The number of hydrogen-bond donors (Lipinski definition) is 2. The van der Waals surface area contributed by atoms with Crippen LogP contribution in [0.2, 0.25) is 0 Å². The molecule has 0 saturated carbocycles. The molecule has 3 amide bonds. The third-order valence-corrected chi connectivity index (χ3v) is 11.2. The van der Waals surface area contributed by atoms with Gasteiger partial charge in [0.25, 0.3) is 0 Å². The van der Waals surface area contributed by atoms with E-state index >= 15 is 0 Å². The molecule has 2 aromatic carbocycles. The number of amides is 3. The number of carbonyl (C=O) groups excluding carboxylic acids is 4. The fraction of sp³-hybridized carbons (Fsp3) is 0.500. The van der Waals surface area contributed by atoms with Crippen LogP contribution in [-0.2, 0) is 35.1 Å². The average molecular weight is 765 g/mol. The van der Waals surface area contributed by atoms with Crippen molar-refractivity contribution < 1.29 is 33.8 Å². The monoisotopic (exact) mass is 763 g/mol. The first-order valence-corrected chi connectivity index (χ1v) is 18.9. The molecule has 10 nitrogen and oxygen atoms in total. The van der Waals surface area contributed by atoms with Crippen LogP contribution in [0.1, 0.15) is 62.6 Å². The number of unbranched alkanes of at least 4 members (excludes halogenated alkanes) is 2. The molecule has 5 rings (SSSR count). The van der Waals surface area contributed by atoms with Gasteiger partial charge in [0.05, 0.1) is 36.6 Å². The topological polar surface area (TPSA) is 125 Å². The van der Waals surface area contributed by atoms with Crippen molar-refractivity contribution in [2.45, 2.75) is 86.5 Å². The van der Waals surface area contributed by atoms with Crippen LogP contribution in [0, 0.1) is 11.8 Å². The van der Waals surface area contributed by atoms with Crippen LogP contribution in [0.25, 0.3) is 0 Å². The number of hydrogen-bond acceptors (Lipinski definition) is 7. The van der Waals surface area contributed by atoms with Gasteiger partial charge in [0.15, 0.2) is 0 Å². The number of nitrogens with zero attached hydrogens (tertiary/aromatic N) is 2. The number of rotatable bonds is 19. The van der Waals surface area contributed by atoms with E-state index < -0.39 is 53.5 Å². The van der Waals surface area contributed by atoms with E-state index in [2.05, 4.69) is 41.3 Å². The lowest BCUT2D eigenvalue weighted by atomic mass is 9.70. The highest BCUT2D eigenvalue weighted by atomic mass is 79.9. The van der Waals surface area contributed by atoms with Gasteiger partial charge in [-0.2, -0.15) is 0 Å². The molecule has 2 N–H and O–H groups in total. The summed E-state index contributed by atoms with van der Waals surface area (Å²) in [5.41, 5.74) is 0.337. The van der Waals surface area contributed by atoms with E-state index in [1.165, 1.54) is 4.90 Å². The Bertz CT molecular complexity index is 1540. The van der Waals surface area contributed by atoms with Gasteiger partial charge in [-0.1, -0.05) is 109 Å². The SMILES string of the molecule is C=CCCC(=O)OC[C@H](NC(=O)[C@@H]1[C@H]2O[C@@]3(CC2Br)[C@H](C(=O)N(CC=C)CCCCC)N([C@@H](CO)Cc2ccccc2)C(=O)[C@@H]13)c1ccccc1. The zero-order valence-electron chi connectivity index (χ0n) is 29.3. The second-order valence-corrected chi connectivity index (χ2v) is 14.9. The quantitative estimate of drug-likeness (QED) is 0.0902. The lowest BCUT2D eigenvalue weighted by Gasteiger charge is -2.39. The Hall–Kier alpha value is -3.80. The largest absolute Gasteiger partial charge is 0.463 e. The minimum absolute atomic E-state index is 0.101. The number of likely N-dealkylation sites (tertiary alicyclic amines) is 1. The fourth-order valence-corrected chi connectivity index (χ4v) is 8.94. The molecule has 0 aromatic heterocycles. The molecule has 51 heavy (non-hydrogen) atoms. The summed E-state index contributed by atoms with van der Waals surface area (Å²) in [4.78, 5) is 59.6. The second kappa shape index (κ2) is 17.6. The summed E-state index contributed by atoms with van der Waals surface area (Å²) in [7, 11) is 0. The molecule has 3 aliphatic heterocycles. The number of halogens is 1. The van der Waals surface area contributed by atoms with E-state index in [9.17, 15) is 24.3 Å². The van der Waals surface area contributed by atoms with Gasteiger partial charge in [0.1, 0.15) is 18.2 Å². The van der Waals surface area contributed by atoms with Crippen LogP contribution < -0.4 is 5.32 Å². The zero-order chi connectivity index (χ0) is 36.5. The lowest BCUT2D eigenvalue weighted by Crippen LogP contribution is -2.59. The van der Waals surface area contributed by atoms with E-state index in [0.717, 1.165) is 30.4 Å². The summed E-state index contributed by atoms with van der Waals surface area (Å²) in [5.74, 6) is -3.41. The molecule has 1 spiro atoms. The van der Waals surface area contributed by atoms with E-state index in [4.69, 9.17) is 9.47 Å². The lowest BCUT2D eigenvalue weighted by molar-refractivity contribution is -0.151. The van der Waals surface area contributed by atoms with Gasteiger partial charge in [-0.3, -0.25) is 19.2 Å². The highest BCUT2D eigenvalue weighted by molar-refractivity contribution is 9.09. The van der Waals surface area contributed by atoms with Gasteiger partial charge in [-0.25, -0.2) is 0 Å². The van der Waals surface area contributed by atoms with Crippen LogP contribution in [-0.4, -0.2) is 93.5 Å². The molecule has 3 saturated heterocycles. The molecule has 2 aromatic rings. The molecule has 11 heteroatoms. The van der Waals surface area contributed by atoms with Crippen molar-refractivity contribution in [1.82, 2.24) is 15.1 Å². The Morgan fingerprint density at radius 1 is 1.12 bits per heavy atom. The predicted molar refractivity (Wildman–Crippen MR) is 198 cm³/mol. The van der Waals surface area contributed by atoms with Crippen LogP contribution in [0.5, 0.6) is 0 Å². The number of allylic oxidation sites excluding steroid dienone is 1. The number of aliphatic hydroxyl groups is 1. The van der Waals surface area contributed by atoms with Crippen molar-refractivity contribution >= 4 is 39.6 Å². The molecule has 274 valence electrons. The van der Waals surface area contributed by atoms with Gasteiger partial charge < -0.3 is 29.7 Å². The molecule has 3 fully saturated rings. The van der Waals surface area contributed by atoms with E-state index in [1.54, 1.807) is 17.1 Å². The Morgan fingerprint density at radius 3 is 2.47 bits per heavy atom. The number of esters is 1. The molecule has 1 unspecified atom stereocenters. The molecule has 3 aliphatic rings. The molecular weight excluding hydrogens is 714 g/mol. The van der Waals surface area contributed by atoms with Crippen molar-refractivity contribution in [3.05, 3.63) is 97.1 Å². The molecule has 0 radical (unpaired) electrons. The maximum atomic E-state index is 14.9. The van der Waals surface area contributed by atoms with Gasteiger partial charge in [0, 0.05) is 24.3 Å². The zero-order valence-corrected chi connectivity index (χ0v) is 30.9. The van der Waals surface area contributed by atoms with Crippen molar-refractivity contribution in [1.29, 1.82) is 0 Å². The molecular formula is C40H50BrN3O7. The van der Waals surface area contributed by atoms with Crippen LogP contribution >= 0.6 is 15.9 Å². The molecule has 2 bridgehead atoms. The average Bonchev–Trinajstić information content (AvgIpc) is 3.74. The summed E-state index contributed by atoms with van der Waals surface area (Å²) < 4.78 is 12.3.